The number of fused-ring (bicyclic) bond motifs is 2. The van der Waals surface area contributed by atoms with Crippen LogP contribution in [0.3, 0.4) is 0 Å². The quantitative estimate of drug-likeness (QED) is 0.358. The molecule has 2 aliphatic rings. The Morgan fingerprint density at radius 2 is 1.21 bits per heavy atom. The number of hydrogen-bond donors (Lipinski definition) is 0. The zero-order valence-electron chi connectivity index (χ0n) is 19.1. The first-order chi connectivity index (χ1) is 16.2. The average molecular weight is 423 g/mol. The predicted molar refractivity (Wildman–Crippen MR) is 138 cm³/mol. The van der Waals surface area contributed by atoms with Crippen molar-refractivity contribution in [2.45, 2.75) is 20.3 Å². The van der Waals surface area contributed by atoms with Crippen LogP contribution in [0, 0.1) is 10.4 Å². The van der Waals surface area contributed by atoms with Crippen molar-refractivity contribution < 1.29 is 0 Å². The van der Waals surface area contributed by atoms with Gasteiger partial charge in [0.05, 0.1) is 0 Å². The van der Waals surface area contributed by atoms with Gasteiger partial charge in [-0.3, -0.25) is 0 Å². The average Bonchev–Trinajstić information content (AvgIpc) is 3.35. The third-order valence-corrected chi connectivity index (χ3v) is 6.89. The molecule has 6 rings (SSSR count). The molecule has 0 atom stereocenters. The van der Waals surface area contributed by atoms with Gasteiger partial charge in [0.2, 0.25) is 0 Å². The Bertz CT molecular complexity index is 1620. The van der Waals surface area contributed by atoms with Gasteiger partial charge in [-0.15, -0.1) is 0 Å². The Morgan fingerprint density at radius 3 is 1.82 bits per heavy atom. The second-order valence-corrected chi connectivity index (χ2v) is 9.12. The van der Waals surface area contributed by atoms with E-state index in [-0.39, 0.29) is 0 Å². The summed E-state index contributed by atoms with van der Waals surface area (Å²) in [6.45, 7) is 4.50. The van der Waals surface area contributed by atoms with E-state index < -0.39 is 0 Å². The molecule has 0 N–H and O–H groups in total. The van der Waals surface area contributed by atoms with Crippen molar-refractivity contribution in [1.82, 2.24) is 0 Å². The largest absolute Gasteiger partial charge is 0.0686 e. The van der Waals surface area contributed by atoms with Crippen LogP contribution in [0.2, 0.25) is 0 Å². The Kier molecular flexibility index (Phi) is 4.73. The summed E-state index contributed by atoms with van der Waals surface area (Å²) in [5, 5.41) is 5.31. The van der Waals surface area contributed by atoms with Gasteiger partial charge in [-0.2, -0.15) is 0 Å². The first kappa shape index (κ1) is 19.8. The Hall–Kier alpha value is -3.90. The topological polar surface area (TPSA) is 0 Å². The van der Waals surface area contributed by atoms with Crippen LogP contribution >= 0.6 is 0 Å². The van der Waals surface area contributed by atoms with E-state index in [9.17, 15) is 0 Å². The van der Waals surface area contributed by atoms with Crippen molar-refractivity contribution in [2.24, 2.45) is 0 Å². The fraction of sp³-hybridized carbons (Fsp3) is 0.0909. The molecule has 0 aromatic heterocycles. The summed E-state index contributed by atoms with van der Waals surface area (Å²) in [7, 11) is 0. The summed E-state index contributed by atoms with van der Waals surface area (Å²) in [6.07, 6.45) is 3.38. The van der Waals surface area contributed by atoms with Gasteiger partial charge in [0.25, 0.3) is 0 Å². The summed E-state index contributed by atoms with van der Waals surface area (Å²) in [6, 6.07) is 37.5. The molecule has 158 valence electrons. The molecule has 0 amide bonds. The predicted octanol–water partition coefficient (Wildman–Crippen LogP) is 6.40. The number of allylic oxidation sites excluding steroid dienone is 4. The molecule has 0 nitrogen and oxygen atoms in total. The van der Waals surface area contributed by atoms with Crippen molar-refractivity contribution >= 4 is 11.1 Å². The monoisotopic (exact) mass is 422 g/mol. The highest BCUT2D eigenvalue weighted by molar-refractivity contribution is 5.86. The molecule has 0 heteroatoms. The van der Waals surface area contributed by atoms with Gasteiger partial charge in [0.1, 0.15) is 0 Å². The first-order valence-electron chi connectivity index (χ1n) is 11.7. The van der Waals surface area contributed by atoms with Gasteiger partial charge in [-0.05, 0) is 86.2 Å². The van der Waals surface area contributed by atoms with Crippen LogP contribution in [0.25, 0.3) is 11.1 Å². The van der Waals surface area contributed by atoms with Crippen molar-refractivity contribution in [3.05, 3.63) is 163 Å². The molecular formula is C33H26. The first-order valence-corrected chi connectivity index (χ1v) is 11.7. The molecule has 0 aliphatic heterocycles. The van der Waals surface area contributed by atoms with Crippen LogP contribution < -0.4 is 10.4 Å². The summed E-state index contributed by atoms with van der Waals surface area (Å²) in [5.74, 6) is 0. The minimum atomic E-state index is 1.03. The third-order valence-electron chi connectivity index (χ3n) is 6.89. The van der Waals surface area contributed by atoms with Crippen LogP contribution in [0.15, 0.2) is 126 Å². The van der Waals surface area contributed by atoms with E-state index in [4.69, 9.17) is 0 Å². The minimum Gasteiger partial charge on any atom is -0.0686 e. The van der Waals surface area contributed by atoms with Gasteiger partial charge >= 0.3 is 0 Å². The normalized spacial score (nSPS) is 14.2. The van der Waals surface area contributed by atoms with E-state index in [1.807, 2.05) is 0 Å². The number of rotatable bonds is 3. The fourth-order valence-electron chi connectivity index (χ4n) is 5.47. The van der Waals surface area contributed by atoms with Crippen LogP contribution in [0.5, 0.6) is 0 Å². The van der Waals surface area contributed by atoms with Crippen molar-refractivity contribution in [3.63, 3.8) is 0 Å². The molecule has 33 heavy (non-hydrogen) atoms. The van der Waals surface area contributed by atoms with Gasteiger partial charge in [0.15, 0.2) is 0 Å². The number of benzene rings is 4. The summed E-state index contributed by atoms with van der Waals surface area (Å²) in [4.78, 5) is 0. The molecule has 4 aromatic rings. The lowest BCUT2D eigenvalue weighted by Gasteiger charge is -2.12. The molecular weight excluding hydrogens is 396 g/mol. The van der Waals surface area contributed by atoms with Gasteiger partial charge in [-0.1, -0.05) is 109 Å². The van der Waals surface area contributed by atoms with Gasteiger partial charge < -0.3 is 0 Å². The second kappa shape index (κ2) is 7.90. The maximum atomic E-state index is 2.42. The van der Waals surface area contributed by atoms with Crippen molar-refractivity contribution in [2.75, 3.05) is 0 Å². The van der Waals surface area contributed by atoms with E-state index >= 15 is 0 Å². The lowest BCUT2D eigenvalue weighted by molar-refractivity contribution is 1.19. The van der Waals surface area contributed by atoms with Crippen LogP contribution in [0.1, 0.15) is 37.0 Å². The molecule has 0 saturated carbocycles. The lowest BCUT2D eigenvalue weighted by atomic mass is 9.91. The summed E-state index contributed by atoms with van der Waals surface area (Å²) < 4.78 is 0. The van der Waals surface area contributed by atoms with Crippen molar-refractivity contribution in [1.29, 1.82) is 0 Å². The molecule has 4 aromatic carbocycles. The zero-order valence-corrected chi connectivity index (χ0v) is 19.1. The van der Waals surface area contributed by atoms with E-state index in [0.29, 0.717) is 0 Å². The van der Waals surface area contributed by atoms with E-state index in [0.717, 1.165) is 6.42 Å². The van der Waals surface area contributed by atoms with Crippen LogP contribution in [-0.4, -0.2) is 0 Å². The Labute approximate surface area is 194 Å². The summed E-state index contributed by atoms with van der Waals surface area (Å²) >= 11 is 0. The smallest absolute Gasteiger partial charge is 0.00386 e. The minimum absolute atomic E-state index is 1.03. The zero-order chi connectivity index (χ0) is 22.4. The van der Waals surface area contributed by atoms with Gasteiger partial charge in [0, 0.05) is 0 Å². The SMILES string of the molecule is CC1=CC(C)=C(C2=c3ccccc3=c3ccc(=C(c4ccccc4)c4ccccc4)cc32)C1. The summed E-state index contributed by atoms with van der Waals surface area (Å²) in [5.41, 5.74) is 10.8. The molecule has 0 spiro atoms. The highest BCUT2D eigenvalue weighted by Gasteiger charge is 2.21. The van der Waals surface area contributed by atoms with E-state index in [1.165, 1.54) is 65.4 Å². The molecule has 0 heterocycles. The highest BCUT2D eigenvalue weighted by atomic mass is 14.2. The Balaban J connectivity index is 1.70. The molecule has 0 fully saturated rings. The third kappa shape index (κ3) is 3.31. The fourth-order valence-corrected chi connectivity index (χ4v) is 5.47. The van der Waals surface area contributed by atoms with Crippen LogP contribution in [0.4, 0.5) is 0 Å². The highest BCUT2D eigenvalue weighted by Crippen LogP contribution is 2.36. The van der Waals surface area contributed by atoms with E-state index in [2.05, 4.69) is 123 Å². The Morgan fingerprint density at radius 1 is 0.606 bits per heavy atom. The molecule has 0 saturated heterocycles. The van der Waals surface area contributed by atoms with Crippen LogP contribution in [-0.2, 0) is 0 Å². The second-order valence-electron chi connectivity index (χ2n) is 9.12. The lowest BCUT2D eigenvalue weighted by Crippen LogP contribution is -2.11. The standard InChI is InChI=1S/C33H26/c1-22-19-23(2)30(20-22)33-29-16-10-9-15-27(29)28-18-17-26(21-31(28)33)32(24-11-5-3-6-12-24)25-13-7-4-8-14-25/h3-19,21H,20H2,1-2H3. The molecule has 0 bridgehead atoms. The molecule has 0 unspecified atom stereocenters. The van der Waals surface area contributed by atoms with Crippen molar-refractivity contribution in [3.8, 4) is 0 Å². The molecule has 2 aliphatic carbocycles. The maximum absolute atomic E-state index is 2.42. The number of hydrogen-bond acceptors (Lipinski definition) is 0. The van der Waals surface area contributed by atoms with Gasteiger partial charge in [-0.25, -0.2) is 0 Å². The maximum Gasteiger partial charge on any atom is -0.00386 e. The van der Waals surface area contributed by atoms with E-state index in [1.54, 1.807) is 0 Å². The molecule has 0 radical (unpaired) electrons.